The maximum absolute atomic E-state index is 3.72. The zero-order valence-corrected chi connectivity index (χ0v) is 9.51. The predicted octanol–water partition coefficient (Wildman–Crippen LogP) is 1.74. The smallest absolute Gasteiger partial charge is 0.0157 e. The second-order valence-electron chi connectivity index (χ2n) is 4.18. The summed E-state index contributed by atoms with van der Waals surface area (Å²) in [5.41, 5.74) is 0. The van der Waals surface area contributed by atoms with E-state index in [1.165, 1.54) is 0 Å². The van der Waals surface area contributed by atoms with Gasteiger partial charge in [0.2, 0.25) is 0 Å². The lowest BCUT2D eigenvalue weighted by atomic mass is 10.1. The molecule has 0 heterocycles. The van der Waals surface area contributed by atoms with Gasteiger partial charge in [0, 0.05) is 19.1 Å². The third-order valence-electron chi connectivity index (χ3n) is 1.94. The summed E-state index contributed by atoms with van der Waals surface area (Å²) in [4.78, 5) is 2.29. The maximum atomic E-state index is 3.72. The van der Waals surface area contributed by atoms with Crippen molar-refractivity contribution in [2.24, 2.45) is 5.92 Å². The van der Waals surface area contributed by atoms with Gasteiger partial charge in [-0.05, 0) is 19.5 Å². The van der Waals surface area contributed by atoms with Crippen LogP contribution < -0.4 is 5.32 Å². The molecule has 0 aromatic carbocycles. The molecule has 0 saturated carbocycles. The number of rotatable bonds is 7. The highest BCUT2D eigenvalue weighted by atomic mass is 15.1. The van der Waals surface area contributed by atoms with Gasteiger partial charge in [-0.3, -0.25) is 0 Å². The van der Waals surface area contributed by atoms with Gasteiger partial charge in [-0.25, -0.2) is 0 Å². The van der Waals surface area contributed by atoms with E-state index < -0.39 is 0 Å². The molecule has 0 fully saturated rings. The highest BCUT2D eigenvalue weighted by Gasteiger charge is 2.05. The van der Waals surface area contributed by atoms with Gasteiger partial charge in [-0.2, -0.15) is 0 Å². The van der Waals surface area contributed by atoms with Crippen LogP contribution in [0.3, 0.4) is 0 Å². The number of likely N-dealkylation sites (N-methyl/N-ethyl adjacent to an activating group) is 1. The highest BCUT2D eigenvalue weighted by molar-refractivity contribution is 4.73. The summed E-state index contributed by atoms with van der Waals surface area (Å²) in [7, 11) is 2.13. The Bertz CT molecular complexity index is 132. The van der Waals surface area contributed by atoms with Gasteiger partial charge in [0.15, 0.2) is 0 Å². The Balaban J connectivity index is 3.48. The standard InChI is InChI=1S/C11H24N2/c1-6-7-13(5)9-11(4)8-12-10(2)3/h6,10-12H,1,7-9H2,2-5H3. The van der Waals surface area contributed by atoms with Crippen molar-refractivity contribution >= 4 is 0 Å². The van der Waals surface area contributed by atoms with E-state index in [1.54, 1.807) is 0 Å². The van der Waals surface area contributed by atoms with Crippen molar-refractivity contribution in [2.45, 2.75) is 26.8 Å². The minimum absolute atomic E-state index is 0.590. The summed E-state index contributed by atoms with van der Waals surface area (Å²) in [6.07, 6.45) is 1.95. The SMILES string of the molecule is C=CCN(C)CC(C)CNC(C)C. The van der Waals surface area contributed by atoms with Crippen LogP contribution in [0.4, 0.5) is 0 Å². The van der Waals surface area contributed by atoms with Crippen molar-refractivity contribution in [1.82, 2.24) is 10.2 Å². The number of nitrogens with one attached hydrogen (secondary N) is 1. The molecule has 0 radical (unpaired) electrons. The topological polar surface area (TPSA) is 15.3 Å². The zero-order valence-electron chi connectivity index (χ0n) is 9.51. The molecule has 0 aliphatic heterocycles. The summed E-state index contributed by atoms with van der Waals surface area (Å²) in [5.74, 6) is 0.701. The van der Waals surface area contributed by atoms with E-state index in [0.717, 1.165) is 19.6 Å². The monoisotopic (exact) mass is 184 g/mol. The molecule has 0 spiro atoms. The Labute approximate surface area is 83.0 Å². The molecule has 2 nitrogen and oxygen atoms in total. The van der Waals surface area contributed by atoms with Gasteiger partial charge in [-0.1, -0.05) is 26.8 Å². The molecular formula is C11H24N2. The third kappa shape index (κ3) is 8.00. The fraction of sp³-hybridized carbons (Fsp3) is 0.818. The molecule has 2 heteroatoms. The Morgan fingerprint density at radius 3 is 2.46 bits per heavy atom. The van der Waals surface area contributed by atoms with Crippen molar-refractivity contribution in [1.29, 1.82) is 0 Å². The highest BCUT2D eigenvalue weighted by Crippen LogP contribution is 1.96. The molecule has 0 rings (SSSR count). The lowest BCUT2D eigenvalue weighted by Gasteiger charge is -2.21. The van der Waals surface area contributed by atoms with Crippen molar-refractivity contribution in [3.8, 4) is 0 Å². The van der Waals surface area contributed by atoms with Crippen LogP contribution in [-0.2, 0) is 0 Å². The quantitative estimate of drug-likeness (QED) is 0.606. The van der Waals surface area contributed by atoms with Gasteiger partial charge < -0.3 is 10.2 Å². The summed E-state index contributed by atoms with van der Waals surface area (Å²) in [5, 5.41) is 3.44. The summed E-state index contributed by atoms with van der Waals surface area (Å²) < 4.78 is 0. The van der Waals surface area contributed by atoms with Gasteiger partial charge in [0.05, 0.1) is 0 Å². The van der Waals surface area contributed by atoms with E-state index >= 15 is 0 Å². The number of hydrogen-bond donors (Lipinski definition) is 1. The van der Waals surface area contributed by atoms with E-state index in [0.29, 0.717) is 12.0 Å². The van der Waals surface area contributed by atoms with Gasteiger partial charge in [-0.15, -0.1) is 6.58 Å². The first kappa shape index (κ1) is 12.7. The Morgan fingerprint density at radius 2 is 2.00 bits per heavy atom. The second kappa shape index (κ2) is 7.10. The summed E-state index contributed by atoms with van der Waals surface area (Å²) in [6.45, 7) is 13.6. The van der Waals surface area contributed by atoms with Crippen molar-refractivity contribution in [3.63, 3.8) is 0 Å². The van der Waals surface area contributed by atoms with Gasteiger partial charge >= 0.3 is 0 Å². The molecular weight excluding hydrogens is 160 g/mol. The number of hydrogen-bond acceptors (Lipinski definition) is 2. The van der Waals surface area contributed by atoms with E-state index in [9.17, 15) is 0 Å². The molecule has 0 aliphatic rings. The van der Waals surface area contributed by atoms with Crippen molar-refractivity contribution in [2.75, 3.05) is 26.7 Å². The predicted molar refractivity (Wildman–Crippen MR) is 60.0 cm³/mol. The van der Waals surface area contributed by atoms with Crippen LogP contribution in [-0.4, -0.2) is 37.6 Å². The lowest BCUT2D eigenvalue weighted by Crippen LogP contribution is -2.33. The van der Waals surface area contributed by atoms with Crippen molar-refractivity contribution < 1.29 is 0 Å². The van der Waals surface area contributed by atoms with E-state index in [-0.39, 0.29) is 0 Å². The zero-order chi connectivity index (χ0) is 10.3. The van der Waals surface area contributed by atoms with E-state index in [4.69, 9.17) is 0 Å². The Morgan fingerprint density at radius 1 is 1.38 bits per heavy atom. The van der Waals surface area contributed by atoms with Crippen LogP contribution in [0.2, 0.25) is 0 Å². The van der Waals surface area contributed by atoms with Crippen molar-refractivity contribution in [3.05, 3.63) is 12.7 Å². The Hall–Kier alpha value is -0.340. The third-order valence-corrected chi connectivity index (χ3v) is 1.94. The summed E-state index contributed by atoms with van der Waals surface area (Å²) >= 11 is 0. The summed E-state index contributed by atoms with van der Waals surface area (Å²) in [6, 6.07) is 0.590. The first-order valence-electron chi connectivity index (χ1n) is 5.09. The largest absolute Gasteiger partial charge is 0.314 e. The first-order chi connectivity index (χ1) is 6.06. The molecule has 0 aromatic heterocycles. The van der Waals surface area contributed by atoms with Crippen LogP contribution in [0.1, 0.15) is 20.8 Å². The first-order valence-corrected chi connectivity index (χ1v) is 5.09. The normalized spacial score (nSPS) is 13.7. The van der Waals surface area contributed by atoms with Crippen LogP contribution in [0.25, 0.3) is 0 Å². The molecule has 0 aliphatic carbocycles. The molecule has 0 amide bonds. The fourth-order valence-corrected chi connectivity index (χ4v) is 1.33. The van der Waals surface area contributed by atoms with E-state index in [2.05, 4.69) is 44.6 Å². The fourth-order valence-electron chi connectivity index (χ4n) is 1.33. The number of nitrogens with zero attached hydrogens (tertiary/aromatic N) is 1. The average Bonchev–Trinajstić information content (AvgIpc) is 2.01. The van der Waals surface area contributed by atoms with Crippen LogP contribution in [0, 0.1) is 5.92 Å². The van der Waals surface area contributed by atoms with Crippen LogP contribution in [0.15, 0.2) is 12.7 Å². The van der Waals surface area contributed by atoms with Crippen LogP contribution >= 0.6 is 0 Å². The second-order valence-corrected chi connectivity index (χ2v) is 4.18. The molecule has 1 unspecified atom stereocenters. The minimum Gasteiger partial charge on any atom is -0.314 e. The molecule has 0 bridgehead atoms. The van der Waals surface area contributed by atoms with Gasteiger partial charge in [0.25, 0.3) is 0 Å². The minimum atomic E-state index is 0.590. The maximum Gasteiger partial charge on any atom is 0.0157 e. The molecule has 78 valence electrons. The molecule has 0 aromatic rings. The van der Waals surface area contributed by atoms with Crippen LogP contribution in [0.5, 0.6) is 0 Å². The molecule has 1 atom stereocenters. The molecule has 0 saturated heterocycles. The molecule has 13 heavy (non-hydrogen) atoms. The molecule has 1 N–H and O–H groups in total. The van der Waals surface area contributed by atoms with Gasteiger partial charge in [0.1, 0.15) is 0 Å². The lowest BCUT2D eigenvalue weighted by molar-refractivity contribution is 0.301. The average molecular weight is 184 g/mol. The Kier molecular flexibility index (Phi) is 6.92. The van der Waals surface area contributed by atoms with E-state index in [1.807, 2.05) is 6.08 Å².